The van der Waals surface area contributed by atoms with Crippen molar-refractivity contribution in [2.24, 2.45) is 10.9 Å². The van der Waals surface area contributed by atoms with Gasteiger partial charge in [0.25, 0.3) is 0 Å². The van der Waals surface area contributed by atoms with Gasteiger partial charge in [0.2, 0.25) is 0 Å². The summed E-state index contributed by atoms with van der Waals surface area (Å²) in [7, 11) is 1.61. The molecule has 0 saturated heterocycles. The molecular weight excluding hydrogens is 426 g/mol. The summed E-state index contributed by atoms with van der Waals surface area (Å²) in [5, 5.41) is 0.666. The number of ketones is 1. The van der Waals surface area contributed by atoms with Crippen LogP contribution < -0.4 is 4.74 Å². The Morgan fingerprint density at radius 2 is 1.72 bits per heavy atom. The average molecular weight is 452 g/mol. The van der Waals surface area contributed by atoms with Gasteiger partial charge in [-0.1, -0.05) is 35.9 Å². The number of benzene rings is 2. The molecule has 0 bridgehead atoms. The van der Waals surface area contributed by atoms with Gasteiger partial charge in [0.1, 0.15) is 11.7 Å². The average Bonchev–Trinajstić information content (AvgIpc) is 2.78. The van der Waals surface area contributed by atoms with E-state index in [2.05, 4.69) is 0 Å². The van der Waals surface area contributed by atoms with Gasteiger partial charge >= 0.3 is 5.97 Å². The topological polar surface area (TPSA) is 65.0 Å². The van der Waals surface area contributed by atoms with Crippen LogP contribution in [-0.4, -0.2) is 31.2 Å². The van der Waals surface area contributed by atoms with E-state index in [0.29, 0.717) is 29.1 Å². The van der Waals surface area contributed by atoms with Crippen molar-refractivity contribution in [3.8, 4) is 5.75 Å². The van der Waals surface area contributed by atoms with Gasteiger partial charge in [0.15, 0.2) is 5.78 Å². The van der Waals surface area contributed by atoms with E-state index in [1.165, 1.54) is 0 Å². The highest BCUT2D eigenvalue weighted by Gasteiger charge is 2.44. The Labute approximate surface area is 193 Å². The van der Waals surface area contributed by atoms with Crippen LogP contribution in [0.3, 0.4) is 0 Å². The van der Waals surface area contributed by atoms with Crippen molar-refractivity contribution in [1.29, 1.82) is 0 Å². The zero-order valence-electron chi connectivity index (χ0n) is 18.4. The normalized spacial score (nSPS) is 22.8. The molecule has 1 unspecified atom stereocenters. The van der Waals surface area contributed by atoms with E-state index in [1.54, 1.807) is 14.0 Å². The number of methoxy groups -OCH3 is 1. The Bertz CT molecular complexity index is 1090. The number of rotatable bonds is 5. The van der Waals surface area contributed by atoms with E-state index in [4.69, 9.17) is 26.1 Å². The molecular formula is C26H26ClNO4. The lowest BCUT2D eigenvalue weighted by Crippen LogP contribution is -2.38. The monoisotopic (exact) mass is 451 g/mol. The summed E-state index contributed by atoms with van der Waals surface area (Å²) in [6.07, 6.45) is 1.01. The number of nitrogens with zero attached hydrogens (tertiary/aromatic N) is 1. The van der Waals surface area contributed by atoms with Crippen LogP contribution in [0.2, 0.25) is 5.02 Å². The van der Waals surface area contributed by atoms with Gasteiger partial charge in [-0.3, -0.25) is 14.6 Å². The lowest BCUT2D eigenvalue weighted by Gasteiger charge is -2.36. The molecule has 0 saturated carbocycles. The molecule has 0 N–H and O–H groups in total. The van der Waals surface area contributed by atoms with E-state index in [9.17, 15) is 9.59 Å². The van der Waals surface area contributed by atoms with Gasteiger partial charge in [-0.25, -0.2) is 0 Å². The molecule has 2 aliphatic rings. The number of Topliss-reactive ketones (excluding diaryl/α,β-unsaturated/α-hetero) is 1. The lowest BCUT2D eigenvalue weighted by molar-refractivity contribution is -0.146. The van der Waals surface area contributed by atoms with Crippen LogP contribution >= 0.6 is 11.6 Å². The molecule has 4 rings (SSSR count). The van der Waals surface area contributed by atoms with Gasteiger partial charge in [-0.15, -0.1) is 0 Å². The predicted octanol–water partition coefficient (Wildman–Crippen LogP) is 5.49. The Morgan fingerprint density at radius 3 is 2.34 bits per heavy atom. The zero-order valence-corrected chi connectivity index (χ0v) is 19.2. The SMILES string of the molecule is CCOC(=O)C1C(C)=NC2=C(C(=O)C[C@H](c3ccc(Cl)cc3)C2)[C@H]1c1ccc(OC)cc1. The first kappa shape index (κ1) is 22.3. The summed E-state index contributed by atoms with van der Waals surface area (Å²) >= 11 is 6.04. The highest BCUT2D eigenvalue weighted by Crippen LogP contribution is 2.47. The number of halogens is 1. The predicted molar refractivity (Wildman–Crippen MR) is 124 cm³/mol. The van der Waals surface area contributed by atoms with Gasteiger partial charge in [0, 0.05) is 34.3 Å². The van der Waals surface area contributed by atoms with Crippen LogP contribution in [0.25, 0.3) is 0 Å². The summed E-state index contributed by atoms with van der Waals surface area (Å²) in [6.45, 7) is 3.90. The molecule has 0 spiro atoms. The minimum atomic E-state index is -0.627. The summed E-state index contributed by atoms with van der Waals surface area (Å²) < 4.78 is 10.7. The van der Waals surface area contributed by atoms with Gasteiger partial charge < -0.3 is 9.47 Å². The second-order valence-electron chi connectivity index (χ2n) is 8.17. The number of ether oxygens (including phenoxy) is 2. The molecule has 0 fully saturated rings. The van der Waals surface area contributed by atoms with E-state index in [1.807, 2.05) is 55.5 Å². The minimum absolute atomic E-state index is 0.0255. The number of esters is 1. The molecule has 3 atom stereocenters. The van der Waals surface area contributed by atoms with E-state index in [-0.39, 0.29) is 24.3 Å². The highest BCUT2D eigenvalue weighted by atomic mass is 35.5. The number of carbonyl (C=O) groups excluding carboxylic acids is 2. The van der Waals surface area contributed by atoms with Crippen LogP contribution in [0.4, 0.5) is 0 Å². The van der Waals surface area contributed by atoms with E-state index < -0.39 is 11.8 Å². The smallest absolute Gasteiger partial charge is 0.315 e. The van der Waals surface area contributed by atoms with Crippen molar-refractivity contribution in [2.45, 2.75) is 38.5 Å². The Kier molecular flexibility index (Phi) is 6.47. The van der Waals surface area contributed by atoms with E-state index >= 15 is 0 Å². The summed E-state index contributed by atoms with van der Waals surface area (Å²) in [4.78, 5) is 31.2. The van der Waals surface area contributed by atoms with Crippen LogP contribution in [0, 0.1) is 5.92 Å². The molecule has 1 aliphatic heterocycles. The molecule has 1 aliphatic carbocycles. The van der Waals surface area contributed by atoms with Crippen molar-refractivity contribution < 1.29 is 19.1 Å². The molecule has 2 aromatic rings. The number of hydrogen-bond donors (Lipinski definition) is 0. The fourth-order valence-electron chi connectivity index (χ4n) is 4.74. The maximum atomic E-state index is 13.5. The quantitative estimate of drug-likeness (QED) is 0.564. The maximum Gasteiger partial charge on any atom is 0.315 e. The Balaban J connectivity index is 1.78. The lowest BCUT2D eigenvalue weighted by atomic mass is 9.69. The molecule has 2 aromatic carbocycles. The molecule has 166 valence electrons. The number of hydrogen-bond acceptors (Lipinski definition) is 5. The van der Waals surface area contributed by atoms with Crippen LogP contribution in [0.1, 0.15) is 49.7 Å². The molecule has 0 radical (unpaired) electrons. The standard InChI is InChI=1S/C26H26ClNO4/c1-4-32-26(30)23-15(2)28-21-13-18(16-5-9-19(27)10-6-16)14-22(29)25(21)24(23)17-7-11-20(31-3)12-8-17/h5-12,18,23-24H,4,13-14H2,1-3H3/t18-,23?,24+/m1/s1. The minimum Gasteiger partial charge on any atom is -0.497 e. The summed E-state index contributed by atoms with van der Waals surface area (Å²) in [6, 6.07) is 15.1. The molecule has 5 nitrogen and oxygen atoms in total. The third kappa shape index (κ3) is 4.22. The van der Waals surface area contributed by atoms with Gasteiger partial charge in [-0.2, -0.15) is 0 Å². The fourth-order valence-corrected chi connectivity index (χ4v) is 4.86. The van der Waals surface area contributed by atoms with Crippen molar-refractivity contribution >= 4 is 29.1 Å². The third-order valence-electron chi connectivity index (χ3n) is 6.25. The largest absolute Gasteiger partial charge is 0.497 e. The van der Waals surface area contributed by atoms with Gasteiger partial charge in [-0.05, 0) is 61.6 Å². The Morgan fingerprint density at radius 1 is 1.06 bits per heavy atom. The van der Waals surface area contributed by atoms with Crippen molar-refractivity contribution in [1.82, 2.24) is 0 Å². The Hall–Kier alpha value is -2.92. The first-order valence-corrected chi connectivity index (χ1v) is 11.2. The number of allylic oxidation sites excluding steroid dienone is 2. The number of carbonyl (C=O) groups is 2. The molecule has 0 amide bonds. The third-order valence-corrected chi connectivity index (χ3v) is 6.50. The van der Waals surface area contributed by atoms with Crippen LogP contribution in [0.15, 0.2) is 64.8 Å². The van der Waals surface area contributed by atoms with Crippen molar-refractivity contribution in [3.63, 3.8) is 0 Å². The van der Waals surface area contributed by atoms with Crippen molar-refractivity contribution in [3.05, 3.63) is 76.0 Å². The fraction of sp³-hybridized carbons (Fsp3) is 0.346. The summed E-state index contributed by atoms with van der Waals surface area (Å²) in [5.41, 5.74) is 4.01. The van der Waals surface area contributed by atoms with Crippen LogP contribution in [-0.2, 0) is 14.3 Å². The maximum absolute atomic E-state index is 13.5. The first-order valence-electron chi connectivity index (χ1n) is 10.8. The van der Waals surface area contributed by atoms with E-state index in [0.717, 1.165) is 22.6 Å². The van der Waals surface area contributed by atoms with Gasteiger partial charge in [0.05, 0.1) is 13.7 Å². The second-order valence-corrected chi connectivity index (χ2v) is 8.61. The first-order chi connectivity index (χ1) is 15.4. The molecule has 1 heterocycles. The highest BCUT2D eigenvalue weighted by molar-refractivity contribution is 6.30. The summed E-state index contributed by atoms with van der Waals surface area (Å²) in [5.74, 6) is -0.629. The molecule has 6 heteroatoms. The molecule has 32 heavy (non-hydrogen) atoms. The molecule has 0 aromatic heterocycles. The van der Waals surface area contributed by atoms with Crippen molar-refractivity contribution in [2.75, 3.05) is 13.7 Å². The van der Waals surface area contributed by atoms with Crippen LogP contribution in [0.5, 0.6) is 5.75 Å². The number of aliphatic imine (C=N–C) groups is 1. The second kappa shape index (κ2) is 9.29. The zero-order chi connectivity index (χ0) is 22.8.